The second kappa shape index (κ2) is 14.0. The Hall–Kier alpha value is -3.85. The minimum Gasteiger partial charge on any atom is -0.497 e. The summed E-state index contributed by atoms with van der Waals surface area (Å²) in [6.45, 7) is 7.76. The lowest BCUT2D eigenvalue weighted by Gasteiger charge is -2.32. The van der Waals surface area contributed by atoms with Crippen molar-refractivity contribution in [2.75, 3.05) is 24.5 Å². The van der Waals surface area contributed by atoms with E-state index in [1.165, 1.54) is 17.0 Å². The van der Waals surface area contributed by atoms with E-state index in [0.29, 0.717) is 18.0 Å². The van der Waals surface area contributed by atoms with Crippen LogP contribution in [0.3, 0.4) is 0 Å². The van der Waals surface area contributed by atoms with Crippen molar-refractivity contribution in [1.82, 2.24) is 10.2 Å². The number of aryl methyl sites for hydroxylation is 1. The zero-order chi connectivity index (χ0) is 29.3. The summed E-state index contributed by atoms with van der Waals surface area (Å²) in [5.74, 6) is 0.0990. The van der Waals surface area contributed by atoms with Crippen LogP contribution in [0.1, 0.15) is 38.8 Å². The van der Waals surface area contributed by atoms with Crippen LogP contribution in [-0.4, -0.2) is 51.4 Å². The topological polar surface area (TPSA) is 96.0 Å². The molecule has 0 radical (unpaired) electrons. The van der Waals surface area contributed by atoms with Gasteiger partial charge in [0.25, 0.3) is 10.0 Å². The van der Waals surface area contributed by atoms with Crippen molar-refractivity contribution >= 4 is 27.5 Å². The number of carbonyl (C=O) groups excluding carboxylic acids is 2. The monoisotopic (exact) mass is 565 g/mol. The predicted molar refractivity (Wildman–Crippen MR) is 158 cm³/mol. The van der Waals surface area contributed by atoms with Crippen molar-refractivity contribution in [1.29, 1.82) is 0 Å². The van der Waals surface area contributed by atoms with Gasteiger partial charge in [0.05, 0.1) is 17.7 Å². The maximum atomic E-state index is 14.0. The van der Waals surface area contributed by atoms with Crippen molar-refractivity contribution in [3.8, 4) is 5.75 Å². The quantitative estimate of drug-likeness (QED) is 0.326. The molecule has 40 heavy (non-hydrogen) atoms. The van der Waals surface area contributed by atoms with Gasteiger partial charge in [-0.1, -0.05) is 63.2 Å². The van der Waals surface area contributed by atoms with Crippen molar-refractivity contribution in [2.24, 2.45) is 5.92 Å². The number of ether oxygens (including phenoxy) is 1. The van der Waals surface area contributed by atoms with Crippen LogP contribution in [0.15, 0.2) is 83.8 Å². The average Bonchev–Trinajstić information content (AvgIpc) is 2.97. The number of benzene rings is 3. The molecular weight excluding hydrogens is 526 g/mol. The van der Waals surface area contributed by atoms with Crippen molar-refractivity contribution < 1.29 is 22.7 Å². The van der Waals surface area contributed by atoms with E-state index < -0.39 is 28.5 Å². The third-order valence-electron chi connectivity index (χ3n) is 6.61. The van der Waals surface area contributed by atoms with E-state index in [-0.39, 0.29) is 23.3 Å². The maximum Gasteiger partial charge on any atom is 0.264 e. The lowest BCUT2D eigenvalue weighted by molar-refractivity contribution is -0.139. The standard InChI is InChI=1S/C31H39N3O5S/c1-6-25-12-16-27(17-13-25)34(40(37,38)29-10-8-7-9-11-29)22-30(35)33(24(4)31(36)32-20-23(2)3)21-26-14-18-28(39-5)19-15-26/h7-19,23-24H,6,20-22H2,1-5H3,(H,32,36). The summed E-state index contributed by atoms with van der Waals surface area (Å²) in [5, 5.41) is 2.89. The second-order valence-corrected chi connectivity index (χ2v) is 11.9. The number of hydrogen-bond donors (Lipinski definition) is 1. The van der Waals surface area contributed by atoms with Crippen molar-refractivity contribution in [3.63, 3.8) is 0 Å². The van der Waals surface area contributed by atoms with Gasteiger partial charge in [0, 0.05) is 13.1 Å². The van der Waals surface area contributed by atoms with Gasteiger partial charge >= 0.3 is 0 Å². The molecule has 214 valence electrons. The van der Waals surface area contributed by atoms with Gasteiger partial charge in [-0.15, -0.1) is 0 Å². The van der Waals surface area contributed by atoms with Crippen LogP contribution in [-0.2, 0) is 32.6 Å². The van der Waals surface area contributed by atoms with Gasteiger partial charge < -0.3 is 15.0 Å². The highest BCUT2D eigenvalue weighted by Crippen LogP contribution is 2.25. The normalized spacial score (nSPS) is 12.1. The third kappa shape index (κ3) is 7.85. The Bertz CT molecular complexity index is 1360. The molecule has 0 heterocycles. The summed E-state index contributed by atoms with van der Waals surface area (Å²) in [4.78, 5) is 28.5. The fraction of sp³-hybridized carbons (Fsp3) is 0.355. The Labute approximate surface area is 238 Å². The summed E-state index contributed by atoms with van der Waals surface area (Å²) in [6, 6.07) is 21.5. The van der Waals surface area contributed by atoms with Gasteiger partial charge in [0.15, 0.2) is 0 Å². The Kier molecular flexibility index (Phi) is 10.7. The SMILES string of the molecule is CCc1ccc(N(CC(=O)N(Cc2ccc(OC)cc2)C(C)C(=O)NCC(C)C)S(=O)(=O)c2ccccc2)cc1. The Morgan fingerprint density at radius 2 is 1.48 bits per heavy atom. The van der Waals surface area contributed by atoms with Crippen LogP contribution in [0.25, 0.3) is 0 Å². The molecule has 0 saturated carbocycles. The van der Waals surface area contributed by atoms with Crippen LogP contribution in [0, 0.1) is 5.92 Å². The molecule has 1 atom stereocenters. The third-order valence-corrected chi connectivity index (χ3v) is 8.39. The summed E-state index contributed by atoms with van der Waals surface area (Å²) in [7, 11) is -2.51. The van der Waals surface area contributed by atoms with E-state index in [2.05, 4.69) is 5.32 Å². The molecule has 3 aromatic carbocycles. The fourth-order valence-electron chi connectivity index (χ4n) is 4.11. The molecule has 9 heteroatoms. The van der Waals surface area contributed by atoms with Gasteiger partial charge in [0.2, 0.25) is 11.8 Å². The number of amides is 2. The van der Waals surface area contributed by atoms with Gasteiger partial charge in [-0.05, 0) is 66.8 Å². The first-order valence-electron chi connectivity index (χ1n) is 13.4. The highest BCUT2D eigenvalue weighted by atomic mass is 32.2. The van der Waals surface area contributed by atoms with Crippen LogP contribution < -0.4 is 14.4 Å². The van der Waals surface area contributed by atoms with Gasteiger partial charge in [-0.3, -0.25) is 13.9 Å². The van der Waals surface area contributed by atoms with Gasteiger partial charge in [0.1, 0.15) is 18.3 Å². The molecule has 0 aliphatic carbocycles. The fourth-order valence-corrected chi connectivity index (χ4v) is 5.54. The number of rotatable bonds is 13. The van der Waals surface area contributed by atoms with Gasteiger partial charge in [-0.2, -0.15) is 0 Å². The second-order valence-electron chi connectivity index (χ2n) is 10.0. The number of nitrogens with zero attached hydrogens (tertiary/aromatic N) is 2. The molecule has 8 nitrogen and oxygen atoms in total. The molecule has 0 spiro atoms. The number of anilines is 1. The predicted octanol–water partition coefficient (Wildman–Crippen LogP) is 4.64. The van der Waals surface area contributed by atoms with E-state index in [1.807, 2.05) is 45.0 Å². The van der Waals surface area contributed by atoms with E-state index >= 15 is 0 Å². The molecule has 0 aromatic heterocycles. The van der Waals surface area contributed by atoms with E-state index in [1.54, 1.807) is 56.5 Å². The molecule has 0 aliphatic rings. The van der Waals surface area contributed by atoms with Crippen molar-refractivity contribution in [3.05, 3.63) is 90.0 Å². The molecule has 1 unspecified atom stereocenters. The molecule has 0 aliphatic heterocycles. The molecule has 1 N–H and O–H groups in total. The minimum absolute atomic E-state index is 0.0757. The van der Waals surface area contributed by atoms with Crippen LogP contribution >= 0.6 is 0 Å². The zero-order valence-corrected chi connectivity index (χ0v) is 24.6. The van der Waals surface area contributed by atoms with E-state index in [9.17, 15) is 18.0 Å². The molecule has 3 rings (SSSR count). The molecular formula is C31H39N3O5S. The highest BCUT2D eigenvalue weighted by Gasteiger charge is 2.32. The Balaban J connectivity index is 1.99. The molecule has 0 bridgehead atoms. The molecule has 2 amide bonds. The number of hydrogen-bond acceptors (Lipinski definition) is 5. The lowest BCUT2D eigenvalue weighted by atomic mass is 10.1. The molecule has 3 aromatic rings. The Morgan fingerprint density at radius 3 is 2.02 bits per heavy atom. The van der Waals surface area contributed by atoms with Crippen LogP contribution in [0.5, 0.6) is 5.75 Å². The molecule has 0 saturated heterocycles. The summed E-state index contributed by atoms with van der Waals surface area (Å²) < 4.78 is 34.0. The largest absolute Gasteiger partial charge is 0.497 e. The zero-order valence-electron chi connectivity index (χ0n) is 23.8. The van der Waals surface area contributed by atoms with E-state index in [0.717, 1.165) is 21.9 Å². The maximum absolute atomic E-state index is 14.0. The first-order chi connectivity index (χ1) is 19.1. The summed E-state index contributed by atoms with van der Waals surface area (Å²) in [6.07, 6.45) is 0.795. The Morgan fingerprint density at radius 1 is 0.875 bits per heavy atom. The summed E-state index contributed by atoms with van der Waals surface area (Å²) in [5.41, 5.74) is 2.20. The van der Waals surface area contributed by atoms with E-state index in [4.69, 9.17) is 4.74 Å². The summed E-state index contributed by atoms with van der Waals surface area (Å²) >= 11 is 0. The first kappa shape index (κ1) is 30.7. The van der Waals surface area contributed by atoms with Crippen LogP contribution in [0.4, 0.5) is 5.69 Å². The van der Waals surface area contributed by atoms with Crippen molar-refractivity contribution in [2.45, 2.75) is 51.6 Å². The number of methoxy groups -OCH3 is 1. The lowest BCUT2D eigenvalue weighted by Crippen LogP contribution is -2.51. The minimum atomic E-state index is -4.08. The molecule has 0 fully saturated rings. The number of nitrogens with one attached hydrogen (secondary N) is 1. The van der Waals surface area contributed by atoms with Gasteiger partial charge in [-0.25, -0.2) is 8.42 Å². The number of carbonyl (C=O) groups is 2. The first-order valence-corrected chi connectivity index (χ1v) is 14.9. The number of sulfonamides is 1. The highest BCUT2D eigenvalue weighted by molar-refractivity contribution is 7.92. The average molecular weight is 566 g/mol. The smallest absolute Gasteiger partial charge is 0.264 e. The van der Waals surface area contributed by atoms with Crippen LogP contribution in [0.2, 0.25) is 0 Å².